The fourth-order valence-electron chi connectivity index (χ4n) is 3.84. The van der Waals surface area contributed by atoms with Crippen LogP contribution in [-0.4, -0.2) is 47.0 Å². The Morgan fingerprint density at radius 2 is 2.05 bits per heavy atom. The molecular formula is C15H19F3N2O2. The van der Waals surface area contributed by atoms with Crippen LogP contribution in [0.5, 0.6) is 0 Å². The summed E-state index contributed by atoms with van der Waals surface area (Å²) in [4.78, 5) is 13.9. The fourth-order valence-corrected chi connectivity index (χ4v) is 3.84. The summed E-state index contributed by atoms with van der Waals surface area (Å²) in [7, 11) is 0. The van der Waals surface area contributed by atoms with Crippen LogP contribution in [0.25, 0.3) is 0 Å². The summed E-state index contributed by atoms with van der Waals surface area (Å²) in [6.45, 7) is 0.847. The Morgan fingerprint density at radius 3 is 2.73 bits per heavy atom. The second-order valence-electron chi connectivity index (χ2n) is 6.23. The topological polar surface area (TPSA) is 45.5 Å². The van der Waals surface area contributed by atoms with Crippen LogP contribution in [0.1, 0.15) is 30.5 Å². The predicted molar refractivity (Wildman–Crippen MR) is 74.8 cm³/mol. The van der Waals surface area contributed by atoms with Gasteiger partial charge in [0.2, 0.25) is 0 Å². The lowest BCUT2D eigenvalue weighted by Crippen LogP contribution is -2.50. The molecule has 1 fully saturated rings. The van der Waals surface area contributed by atoms with Gasteiger partial charge in [0.25, 0.3) is 5.56 Å². The number of rotatable bonds is 3. The Labute approximate surface area is 126 Å². The predicted octanol–water partition coefficient (Wildman–Crippen LogP) is 1.75. The van der Waals surface area contributed by atoms with E-state index in [9.17, 15) is 23.1 Å². The Balaban J connectivity index is 1.85. The first-order chi connectivity index (χ1) is 10.4. The lowest BCUT2D eigenvalue weighted by atomic mass is 9.78. The molecule has 0 aromatic carbocycles. The molecule has 2 bridgehead atoms. The minimum absolute atomic E-state index is 0.0181. The first-order valence-corrected chi connectivity index (χ1v) is 7.50. The van der Waals surface area contributed by atoms with E-state index in [-0.39, 0.29) is 36.6 Å². The molecule has 0 amide bonds. The minimum atomic E-state index is -4.15. The summed E-state index contributed by atoms with van der Waals surface area (Å²) in [6.07, 6.45) is -4.16. The Kier molecular flexibility index (Phi) is 4.03. The van der Waals surface area contributed by atoms with Crippen molar-refractivity contribution in [3.05, 3.63) is 34.2 Å². The van der Waals surface area contributed by atoms with E-state index in [1.807, 2.05) is 11.0 Å². The largest absolute Gasteiger partial charge is 0.394 e. The molecule has 1 N–H and O–H groups in total. The number of aliphatic hydroxyl groups is 1. The van der Waals surface area contributed by atoms with Gasteiger partial charge in [-0.25, -0.2) is 0 Å². The van der Waals surface area contributed by atoms with E-state index >= 15 is 0 Å². The molecule has 7 heteroatoms. The molecule has 3 heterocycles. The molecule has 0 spiro atoms. The SMILES string of the molecule is O=c1cccc2n1[C@@H](CO)[C@H]1C[C@@H]2CN(CCC(F)(F)F)C1. The average Bonchev–Trinajstić information content (AvgIpc) is 2.46. The fraction of sp³-hybridized carbons (Fsp3) is 0.667. The Hall–Kier alpha value is -1.34. The molecule has 0 aliphatic carbocycles. The van der Waals surface area contributed by atoms with Crippen LogP contribution in [0.15, 0.2) is 23.0 Å². The van der Waals surface area contributed by atoms with Crippen LogP contribution >= 0.6 is 0 Å². The van der Waals surface area contributed by atoms with Gasteiger partial charge in [-0.3, -0.25) is 4.79 Å². The van der Waals surface area contributed by atoms with Crippen molar-refractivity contribution in [2.75, 3.05) is 26.2 Å². The monoisotopic (exact) mass is 316 g/mol. The summed E-state index contributed by atoms with van der Waals surface area (Å²) in [5.74, 6) is 0.0771. The van der Waals surface area contributed by atoms with Crippen molar-refractivity contribution in [2.24, 2.45) is 5.92 Å². The number of pyridine rings is 1. The van der Waals surface area contributed by atoms with Gasteiger partial charge in [0.15, 0.2) is 0 Å². The number of aliphatic hydroxyl groups excluding tert-OH is 1. The highest BCUT2D eigenvalue weighted by molar-refractivity contribution is 5.19. The highest BCUT2D eigenvalue weighted by Gasteiger charge is 2.40. The number of hydrogen-bond donors (Lipinski definition) is 1. The number of hydrogen-bond acceptors (Lipinski definition) is 3. The maximum Gasteiger partial charge on any atom is 0.390 e. The van der Waals surface area contributed by atoms with Gasteiger partial charge in [-0.2, -0.15) is 13.2 Å². The van der Waals surface area contributed by atoms with E-state index < -0.39 is 12.6 Å². The first-order valence-electron chi connectivity index (χ1n) is 7.50. The summed E-state index contributed by atoms with van der Waals surface area (Å²) in [5.41, 5.74) is 0.689. The number of likely N-dealkylation sites (tertiary alicyclic amines) is 1. The van der Waals surface area contributed by atoms with E-state index in [1.54, 1.807) is 10.6 Å². The molecule has 0 radical (unpaired) electrons. The van der Waals surface area contributed by atoms with Crippen molar-refractivity contribution < 1.29 is 18.3 Å². The van der Waals surface area contributed by atoms with Gasteiger partial charge < -0.3 is 14.6 Å². The molecule has 1 aromatic rings. The van der Waals surface area contributed by atoms with Gasteiger partial charge in [0, 0.05) is 37.3 Å². The van der Waals surface area contributed by atoms with Crippen LogP contribution in [0.4, 0.5) is 13.2 Å². The van der Waals surface area contributed by atoms with Gasteiger partial charge in [0.1, 0.15) is 0 Å². The second kappa shape index (κ2) is 5.70. The zero-order valence-corrected chi connectivity index (χ0v) is 12.1. The van der Waals surface area contributed by atoms with Crippen molar-refractivity contribution in [3.63, 3.8) is 0 Å². The molecule has 4 nitrogen and oxygen atoms in total. The number of fused-ring (bicyclic) bond motifs is 4. The van der Waals surface area contributed by atoms with Crippen LogP contribution in [-0.2, 0) is 0 Å². The number of halogens is 3. The normalized spacial score (nSPS) is 28.5. The van der Waals surface area contributed by atoms with E-state index in [1.165, 1.54) is 6.07 Å². The van der Waals surface area contributed by atoms with Crippen molar-refractivity contribution >= 4 is 0 Å². The number of piperidine rings is 1. The smallest absolute Gasteiger partial charge is 0.390 e. The summed E-state index contributed by atoms with van der Waals surface area (Å²) >= 11 is 0. The maximum atomic E-state index is 12.4. The van der Waals surface area contributed by atoms with E-state index in [4.69, 9.17) is 0 Å². The Bertz CT molecular complexity index is 599. The van der Waals surface area contributed by atoms with E-state index in [0.717, 1.165) is 12.1 Å². The summed E-state index contributed by atoms with van der Waals surface area (Å²) in [5, 5.41) is 9.66. The third-order valence-corrected chi connectivity index (χ3v) is 4.77. The van der Waals surface area contributed by atoms with Gasteiger partial charge >= 0.3 is 6.18 Å². The number of alkyl halides is 3. The van der Waals surface area contributed by atoms with Crippen molar-refractivity contribution in [3.8, 4) is 0 Å². The Morgan fingerprint density at radius 1 is 1.27 bits per heavy atom. The van der Waals surface area contributed by atoms with Crippen molar-refractivity contribution in [1.82, 2.24) is 9.47 Å². The lowest BCUT2D eigenvalue weighted by Gasteiger charge is -2.46. The van der Waals surface area contributed by atoms with Crippen LogP contribution in [0.2, 0.25) is 0 Å². The summed E-state index contributed by atoms with van der Waals surface area (Å²) < 4.78 is 38.9. The molecule has 0 saturated carbocycles. The van der Waals surface area contributed by atoms with Crippen LogP contribution in [0, 0.1) is 5.92 Å². The van der Waals surface area contributed by atoms with E-state index in [0.29, 0.717) is 13.1 Å². The van der Waals surface area contributed by atoms with Gasteiger partial charge in [-0.05, 0) is 18.4 Å². The quantitative estimate of drug-likeness (QED) is 0.924. The van der Waals surface area contributed by atoms with Crippen LogP contribution < -0.4 is 5.56 Å². The average molecular weight is 316 g/mol. The zero-order valence-electron chi connectivity index (χ0n) is 12.1. The molecule has 122 valence electrons. The third-order valence-electron chi connectivity index (χ3n) is 4.77. The van der Waals surface area contributed by atoms with Crippen molar-refractivity contribution in [2.45, 2.75) is 31.0 Å². The van der Waals surface area contributed by atoms with Crippen molar-refractivity contribution in [1.29, 1.82) is 0 Å². The maximum absolute atomic E-state index is 12.4. The second-order valence-corrected chi connectivity index (χ2v) is 6.23. The first kappa shape index (κ1) is 15.6. The van der Waals surface area contributed by atoms with E-state index in [2.05, 4.69) is 0 Å². The van der Waals surface area contributed by atoms with Gasteiger partial charge in [0.05, 0.1) is 19.1 Å². The molecule has 1 aromatic heterocycles. The minimum Gasteiger partial charge on any atom is -0.394 e. The number of aromatic nitrogens is 1. The standard InChI is InChI=1S/C15H19F3N2O2/c16-15(17,18)4-5-19-7-10-6-11(8-19)13(9-21)20-12(10)2-1-3-14(20)22/h1-3,10-11,13,21H,4-9H2/t10-,11+,13+/m1/s1. The molecule has 2 aliphatic rings. The molecular weight excluding hydrogens is 297 g/mol. The molecule has 1 saturated heterocycles. The van der Waals surface area contributed by atoms with Gasteiger partial charge in [-0.1, -0.05) is 6.07 Å². The third kappa shape index (κ3) is 2.92. The summed E-state index contributed by atoms with van der Waals surface area (Å²) in [6, 6.07) is 4.65. The molecule has 2 aliphatic heterocycles. The highest BCUT2D eigenvalue weighted by atomic mass is 19.4. The molecule has 3 rings (SSSR count). The number of nitrogens with zero attached hydrogens (tertiary/aromatic N) is 2. The lowest BCUT2D eigenvalue weighted by molar-refractivity contribution is -0.139. The molecule has 3 atom stereocenters. The molecule has 0 unspecified atom stereocenters. The van der Waals surface area contributed by atoms with Gasteiger partial charge in [-0.15, -0.1) is 0 Å². The zero-order chi connectivity index (χ0) is 15.9. The highest BCUT2D eigenvalue weighted by Crippen LogP contribution is 2.41. The van der Waals surface area contributed by atoms with Crippen LogP contribution in [0.3, 0.4) is 0 Å². The molecule has 22 heavy (non-hydrogen) atoms.